The number of fused-ring (bicyclic) bond motifs is 2. The highest BCUT2D eigenvalue weighted by Gasteiger charge is 2.26. The lowest BCUT2D eigenvalue weighted by Gasteiger charge is -2.30. The molecule has 1 aliphatic rings. The second-order valence-electron chi connectivity index (χ2n) is 8.30. The van der Waals surface area contributed by atoms with E-state index in [1.807, 2.05) is 57.2 Å². The summed E-state index contributed by atoms with van der Waals surface area (Å²) in [5.74, 6) is 0.416. The van der Waals surface area contributed by atoms with E-state index < -0.39 is 5.69 Å². The molecule has 0 aliphatic carbocycles. The number of benzene rings is 2. The number of hydrogen-bond donors (Lipinski definition) is 0. The van der Waals surface area contributed by atoms with Gasteiger partial charge in [-0.1, -0.05) is 18.2 Å². The number of nitrogens with zero attached hydrogens (tertiary/aromatic N) is 3. The minimum Gasteiger partial charge on any atom is -0.490 e. The van der Waals surface area contributed by atoms with E-state index in [2.05, 4.69) is 0 Å². The zero-order valence-corrected chi connectivity index (χ0v) is 19.4. The lowest BCUT2D eigenvalue weighted by Crippen LogP contribution is -2.44. The van der Waals surface area contributed by atoms with Crippen LogP contribution in [0.5, 0.6) is 5.75 Å². The van der Waals surface area contributed by atoms with Crippen molar-refractivity contribution in [2.24, 2.45) is 0 Å². The van der Waals surface area contributed by atoms with E-state index in [-0.39, 0.29) is 18.0 Å². The Hall–Kier alpha value is -3.65. The second kappa shape index (κ2) is 8.04. The van der Waals surface area contributed by atoms with Crippen molar-refractivity contribution in [1.29, 1.82) is 0 Å². The third-order valence-electron chi connectivity index (χ3n) is 5.93. The highest BCUT2D eigenvalue weighted by atomic mass is 32.1. The molecular formula is C25H23N3O4S. The summed E-state index contributed by atoms with van der Waals surface area (Å²) >= 11 is 1.27. The summed E-state index contributed by atoms with van der Waals surface area (Å²) in [5.41, 5.74) is 3.58. The maximum absolute atomic E-state index is 13.6. The molecule has 0 saturated heterocycles. The first-order chi connectivity index (χ1) is 15.8. The van der Waals surface area contributed by atoms with Crippen LogP contribution in [-0.4, -0.2) is 28.2 Å². The third-order valence-corrected chi connectivity index (χ3v) is 6.82. The van der Waals surface area contributed by atoms with Crippen LogP contribution in [-0.2, 0) is 11.3 Å². The molecule has 3 heterocycles. The molecule has 0 fully saturated rings. The van der Waals surface area contributed by atoms with E-state index in [4.69, 9.17) is 4.74 Å². The van der Waals surface area contributed by atoms with Crippen LogP contribution in [0.4, 0.5) is 5.69 Å². The summed E-state index contributed by atoms with van der Waals surface area (Å²) in [7, 11) is 0. The van der Waals surface area contributed by atoms with Gasteiger partial charge in [0, 0.05) is 0 Å². The molecule has 2 aromatic heterocycles. The Morgan fingerprint density at radius 3 is 2.52 bits per heavy atom. The third kappa shape index (κ3) is 3.56. The minimum absolute atomic E-state index is 0.176. The van der Waals surface area contributed by atoms with Gasteiger partial charge in [-0.2, -0.15) is 0 Å². The summed E-state index contributed by atoms with van der Waals surface area (Å²) in [6.07, 6.45) is 0. The Bertz CT molecular complexity index is 1530. The van der Waals surface area contributed by atoms with Crippen molar-refractivity contribution >= 4 is 33.1 Å². The van der Waals surface area contributed by atoms with Crippen LogP contribution in [0.25, 0.3) is 15.9 Å². The SMILES string of the molecule is Cc1ccc2c(c1)N(C(=O)Cn1c(=O)n(-c3cc(C)ccc3C)c(=O)c3sccc31)CCO2. The van der Waals surface area contributed by atoms with E-state index >= 15 is 0 Å². The number of aryl methyl sites for hydroxylation is 3. The maximum Gasteiger partial charge on any atom is 0.336 e. The van der Waals surface area contributed by atoms with Gasteiger partial charge in [-0.3, -0.25) is 14.2 Å². The molecule has 0 atom stereocenters. The average Bonchev–Trinajstić information content (AvgIpc) is 3.28. The summed E-state index contributed by atoms with van der Waals surface area (Å²) < 4.78 is 8.74. The Morgan fingerprint density at radius 2 is 1.73 bits per heavy atom. The lowest BCUT2D eigenvalue weighted by molar-refractivity contribution is -0.119. The largest absolute Gasteiger partial charge is 0.490 e. The molecule has 5 rings (SSSR count). The Balaban J connectivity index is 1.65. The lowest BCUT2D eigenvalue weighted by atomic mass is 10.1. The van der Waals surface area contributed by atoms with Crippen molar-refractivity contribution in [2.45, 2.75) is 27.3 Å². The highest BCUT2D eigenvalue weighted by Crippen LogP contribution is 2.32. The van der Waals surface area contributed by atoms with Gasteiger partial charge >= 0.3 is 5.69 Å². The summed E-state index contributed by atoms with van der Waals surface area (Å²) in [6, 6.07) is 13.1. The number of thiophene rings is 1. The first-order valence-corrected chi connectivity index (χ1v) is 11.6. The van der Waals surface area contributed by atoms with Gasteiger partial charge in [0.1, 0.15) is 23.6 Å². The summed E-state index contributed by atoms with van der Waals surface area (Å²) in [4.78, 5) is 42.0. The number of carbonyl (C=O) groups excluding carboxylic acids is 1. The van der Waals surface area contributed by atoms with Gasteiger partial charge in [0.15, 0.2) is 0 Å². The van der Waals surface area contributed by atoms with Crippen LogP contribution in [0.1, 0.15) is 16.7 Å². The van der Waals surface area contributed by atoms with Gasteiger partial charge in [-0.05, 0) is 67.1 Å². The van der Waals surface area contributed by atoms with Crippen molar-refractivity contribution in [1.82, 2.24) is 9.13 Å². The van der Waals surface area contributed by atoms with Gasteiger partial charge in [0.2, 0.25) is 5.91 Å². The van der Waals surface area contributed by atoms with E-state index in [0.29, 0.717) is 40.5 Å². The van der Waals surface area contributed by atoms with Gasteiger partial charge in [-0.25, -0.2) is 9.36 Å². The Morgan fingerprint density at radius 1 is 1.00 bits per heavy atom. The molecule has 0 radical (unpaired) electrons. The number of hydrogen-bond acceptors (Lipinski definition) is 5. The van der Waals surface area contributed by atoms with Crippen LogP contribution in [0.15, 0.2) is 57.4 Å². The molecule has 33 heavy (non-hydrogen) atoms. The monoisotopic (exact) mass is 461 g/mol. The van der Waals surface area contributed by atoms with Gasteiger partial charge in [0.05, 0.1) is 23.4 Å². The van der Waals surface area contributed by atoms with Gasteiger partial charge in [-0.15, -0.1) is 11.3 Å². The molecule has 0 N–H and O–H groups in total. The first kappa shape index (κ1) is 21.2. The molecule has 4 aromatic rings. The number of ether oxygens (including phenoxy) is 1. The van der Waals surface area contributed by atoms with Crippen molar-refractivity contribution in [3.8, 4) is 11.4 Å². The number of anilines is 1. The molecule has 0 spiro atoms. The zero-order valence-electron chi connectivity index (χ0n) is 18.6. The normalized spacial score (nSPS) is 13.1. The molecule has 0 bridgehead atoms. The fraction of sp³-hybridized carbons (Fsp3) is 0.240. The predicted molar refractivity (Wildman–Crippen MR) is 130 cm³/mol. The maximum atomic E-state index is 13.6. The minimum atomic E-state index is -0.523. The molecular weight excluding hydrogens is 438 g/mol. The van der Waals surface area contributed by atoms with Crippen molar-refractivity contribution in [2.75, 3.05) is 18.1 Å². The number of amides is 1. The fourth-order valence-corrected chi connectivity index (χ4v) is 5.04. The van der Waals surface area contributed by atoms with Crippen LogP contribution < -0.4 is 20.9 Å². The van der Waals surface area contributed by atoms with E-state index in [1.165, 1.54) is 20.5 Å². The Kier molecular flexibility index (Phi) is 5.17. The highest BCUT2D eigenvalue weighted by molar-refractivity contribution is 7.17. The Labute approximate surface area is 194 Å². The van der Waals surface area contributed by atoms with Crippen molar-refractivity contribution < 1.29 is 9.53 Å². The molecule has 7 nitrogen and oxygen atoms in total. The molecule has 2 aromatic carbocycles. The molecule has 1 aliphatic heterocycles. The van der Waals surface area contributed by atoms with Gasteiger partial charge < -0.3 is 9.64 Å². The van der Waals surface area contributed by atoms with E-state index in [0.717, 1.165) is 16.7 Å². The quantitative estimate of drug-likeness (QED) is 0.468. The van der Waals surface area contributed by atoms with Crippen molar-refractivity contribution in [3.63, 3.8) is 0 Å². The van der Waals surface area contributed by atoms with Crippen molar-refractivity contribution in [3.05, 3.63) is 85.4 Å². The van der Waals surface area contributed by atoms with Gasteiger partial charge in [0.25, 0.3) is 5.56 Å². The fourth-order valence-electron chi connectivity index (χ4n) is 4.22. The number of aromatic nitrogens is 2. The summed E-state index contributed by atoms with van der Waals surface area (Å²) in [6.45, 7) is 6.33. The molecule has 8 heteroatoms. The number of carbonyl (C=O) groups is 1. The zero-order chi connectivity index (χ0) is 23.3. The van der Waals surface area contributed by atoms with Crippen LogP contribution >= 0.6 is 11.3 Å². The van der Waals surface area contributed by atoms with Crippen LogP contribution in [0.3, 0.4) is 0 Å². The first-order valence-electron chi connectivity index (χ1n) is 10.7. The smallest absolute Gasteiger partial charge is 0.336 e. The molecule has 168 valence electrons. The molecule has 0 unspecified atom stereocenters. The summed E-state index contributed by atoms with van der Waals surface area (Å²) in [5, 5.41) is 1.77. The topological polar surface area (TPSA) is 73.5 Å². The van der Waals surface area contributed by atoms with E-state index in [9.17, 15) is 14.4 Å². The van der Waals surface area contributed by atoms with Crippen LogP contribution in [0.2, 0.25) is 0 Å². The standard InChI is InChI=1S/C25H23N3O4S/c1-15-4-6-17(3)19(12-15)28-24(30)23-18(8-11-33-23)27(25(28)31)14-22(29)26-9-10-32-21-7-5-16(2)13-20(21)26/h4-8,11-13H,9-10,14H2,1-3H3. The second-order valence-corrected chi connectivity index (χ2v) is 9.22. The average molecular weight is 462 g/mol. The van der Waals surface area contributed by atoms with Crippen LogP contribution in [0, 0.1) is 20.8 Å². The number of rotatable bonds is 3. The molecule has 1 amide bonds. The molecule has 0 saturated carbocycles. The predicted octanol–water partition coefficient (Wildman–Crippen LogP) is 3.56. The van der Waals surface area contributed by atoms with E-state index in [1.54, 1.807) is 16.3 Å².